The van der Waals surface area contributed by atoms with Gasteiger partial charge in [-0.15, -0.1) is 0 Å². The highest BCUT2D eigenvalue weighted by molar-refractivity contribution is 5.63. The SMILES string of the molecule is COCc1cc(N2CCNC[C@@H]2C)ccc1N1CC[C@@H](O)C1. The van der Waals surface area contributed by atoms with Crippen molar-refractivity contribution in [3.63, 3.8) is 0 Å². The van der Waals surface area contributed by atoms with Crippen LogP contribution in [0.2, 0.25) is 0 Å². The summed E-state index contributed by atoms with van der Waals surface area (Å²) >= 11 is 0. The highest BCUT2D eigenvalue weighted by Gasteiger charge is 2.24. The van der Waals surface area contributed by atoms with E-state index in [0.717, 1.165) is 39.1 Å². The predicted octanol–water partition coefficient (Wildman–Crippen LogP) is 1.20. The lowest BCUT2D eigenvalue weighted by Gasteiger charge is -2.36. The van der Waals surface area contributed by atoms with E-state index in [1.165, 1.54) is 16.9 Å². The minimum atomic E-state index is -0.205. The van der Waals surface area contributed by atoms with Gasteiger partial charge in [0.05, 0.1) is 12.7 Å². The second-order valence-corrected chi connectivity index (χ2v) is 6.38. The Hall–Kier alpha value is -1.30. The lowest BCUT2D eigenvalue weighted by Crippen LogP contribution is -2.49. The lowest BCUT2D eigenvalue weighted by molar-refractivity contribution is 0.185. The van der Waals surface area contributed by atoms with Gasteiger partial charge in [0.25, 0.3) is 0 Å². The Balaban J connectivity index is 1.86. The van der Waals surface area contributed by atoms with Gasteiger partial charge in [0.15, 0.2) is 0 Å². The quantitative estimate of drug-likeness (QED) is 0.875. The van der Waals surface area contributed by atoms with Crippen LogP contribution in [0, 0.1) is 0 Å². The lowest BCUT2D eigenvalue weighted by atomic mass is 10.1. The van der Waals surface area contributed by atoms with Gasteiger partial charge in [-0.05, 0) is 31.5 Å². The maximum atomic E-state index is 9.79. The molecular weight excluding hydrogens is 278 g/mol. The first-order chi connectivity index (χ1) is 10.7. The van der Waals surface area contributed by atoms with Crippen LogP contribution in [0.5, 0.6) is 0 Å². The molecule has 2 N–H and O–H groups in total. The summed E-state index contributed by atoms with van der Waals surface area (Å²) in [7, 11) is 1.74. The number of nitrogens with one attached hydrogen (secondary N) is 1. The molecule has 0 spiro atoms. The first-order valence-corrected chi connectivity index (χ1v) is 8.21. The molecule has 2 atom stereocenters. The molecule has 3 rings (SSSR count). The highest BCUT2D eigenvalue weighted by Crippen LogP contribution is 2.30. The van der Waals surface area contributed by atoms with Crippen molar-refractivity contribution < 1.29 is 9.84 Å². The molecule has 0 saturated carbocycles. The van der Waals surface area contributed by atoms with Crippen molar-refractivity contribution in [3.8, 4) is 0 Å². The van der Waals surface area contributed by atoms with Gasteiger partial charge in [-0.2, -0.15) is 0 Å². The van der Waals surface area contributed by atoms with E-state index in [-0.39, 0.29) is 6.10 Å². The Labute approximate surface area is 132 Å². The Morgan fingerprint density at radius 2 is 2.23 bits per heavy atom. The average Bonchev–Trinajstić information content (AvgIpc) is 2.94. The van der Waals surface area contributed by atoms with Crippen LogP contribution in [0.1, 0.15) is 18.9 Å². The van der Waals surface area contributed by atoms with Gasteiger partial charge in [-0.1, -0.05) is 0 Å². The first kappa shape index (κ1) is 15.6. The fourth-order valence-electron chi connectivity index (χ4n) is 3.52. The Morgan fingerprint density at radius 3 is 2.91 bits per heavy atom. The molecular formula is C17H27N3O2. The van der Waals surface area contributed by atoms with Crippen LogP contribution in [0.3, 0.4) is 0 Å². The van der Waals surface area contributed by atoms with Crippen LogP contribution in [-0.4, -0.2) is 57.1 Å². The van der Waals surface area contributed by atoms with Crippen LogP contribution in [0.15, 0.2) is 18.2 Å². The molecule has 2 aliphatic heterocycles. The summed E-state index contributed by atoms with van der Waals surface area (Å²) in [6.07, 6.45) is 0.645. The molecule has 0 bridgehead atoms. The number of rotatable bonds is 4. The van der Waals surface area contributed by atoms with Crippen molar-refractivity contribution in [1.29, 1.82) is 0 Å². The highest BCUT2D eigenvalue weighted by atomic mass is 16.5. The number of ether oxygens (including phenoxy) is 1. The summed E-state index contributed by atoms with van der Waals surface area (Å²) in [5, 5.41) is 13.2. The van der Waals surface area contributed by atoms with E-state index in [4.69, 9.17) is 4.74 Å². The van der Waals surface area contributed by atoms with E-state index in [9.17, 15) is 5.11 Å². The summed E-state index contributed by atoms with van der Waals surface area (Å²) in [4.78, 5) is 4.72. The number of nitrogens with zero attached hydrogens (tertiary/aromatic N) is 2. The fraction of sp³-hybridized carbons (Fsp3) is 0.647. The van der Waals surface area contributed by atoms with Gasteiger partial charge >= 0.3 is 0 Å². The molecule has 0 unspecified atom stereocenters. The Kier molecular flexibility index (Phi) is 4.86. The van der Waals surface area contributed by atoms with E-state index in [1.54, 1.807) is 7.11 Å². The zero-order valence-corrected chi connectivity index (χ0v) is 13.6. The molecule has 0 aromatic heterocycles. The summed E-state index contributed by atoms with van der Waals surface area (Å²) in [5.74, 6) is 0. The minimum absolute atomic E-state index is 0.205. The van der Waals surface area contributed by atoms with E-state index in [1.807, 2.05) is 0 Å². The predicted molar refractivity (Wildman–Crippen MR) is 89.7 cm³/mol. The zero-order chi connectivity index (χ0) is 15.5. The summed E-state index contributed by atoms with van der Waals surface area (Å²) in [6, 6.07) is 7.16. The molecule has 5 heteroatoms. The summed E-state index contributed by atoms with van der Waals surface area (Å²) < 4.78 is 5.40. The topological polar surface area (TPSA) is 48.0 Å². The first-order valence-electron chi connectivity index (χ1n) is 8.21. The van der Waals surface area contributed by atoms with Crippen molar-refractivity contribution in [1.82, 2.24) is 5.32 Å². The Morgan fingerprint density at radius 1 is 1.36 bits per heavy atom. The zero-order valence-electron chi connectivity index (χ0n) is 13.6. The van der Waals surface area contributed by atoms with Crippen molar-refractivity contribution in [2.45, 2.75) is 32.1 Å². The molecule has 5 nitrogen and oxygen atoms in total. The third kappa shape index (κ3) is 3.21. The van der Waals surface area contributed by atoms with Gasteiger partial charge in [0.1, 0.15) is 0 Å². The van der Waals surface area contributed by atoms with Gasteiger partial charge in [-0.25, -0.2) is 0 Å². The monoisotopic (exact) mass is 305 g/mol. The van der Waals surface area contributed by atoms with E-state index in [2.05, 4.69) is 40.2 Å². The number of hydrogen-bond acceptors (Lipinski definition) is 5. The normalized spacial score (nSPS) is 25.8. The van der Waals surface area contributed by atoms with E-state index in [0.29, 0.717) is 12.6 Å². The molecule has 0 amide bonds. The van der Waals surface area contributed by atoms with Crippen LogP contribution in [0.4, 0.5) is 11.4 Å². The Bertz CT molecular complexity index is 509. The molecule has 0 aliphatic carbocycles. The number of β-amino-alcohol motifs (C(OH)–C–C–N with tert-alkyl or cyclic N) is 1. The standard InChI is InChI=1S/C17H27N3O2/c1-13-10-18-6-8-20(13)15-3-4-17(14(9-15)12-22-2)19-7-5-16(21)11-19/h3-4,9,13,16,18,21H,5-8,10-12H2,1-2H3/t13-,16+/m0/s1. The molecule has 2 aliphatic rings. The second kappa shape index (κ2) is 6.86. The summed E-state index contributed by atoms with van der Waals surface area (Å²) in [5.41, 5.74) is 3.68. The molecule has 0 radical (unpaired) electrons. The van der Waals surface area contributed by atoms with E-state index < -0.39 is 0 Å². The number of anilines is 2. The number of aliphatic hydroxyl groups is 1. The smallest absolute Gasteiger partial charge is 0.0734 e. The molecule has 2 heterocycles. The van der Waals surface area contributed by atoms with Crippen LogP contribution >= 0.6 is 0 Å². The third-order valence-electron chi connectivity index (χ3n) is 4.70. The van der Waals surface area contributed by atoms with Crippen LogP contribution in [0.25, 0.3) is 0 Å². The van der Waals surface area contributed by atoms with Gasteiger partial charge in [0.2, 0.25) is 0 Å². The van der Waals surface area contributed by atoms with Gasteiger partial charge in [0, 0.05) is 62.8 Å². The third-order valence-corrected chi connectivity index (χ3v) is 4.70. The maximum Gasteiger partial charge on any atom is 0.0734 e. The van der Waals surface area contributed by atoms with Crippen molar-refractivity contribution in [3.05, 3.63) is 23.8 Å². The van der Waals surface area contributed by atoms with E-state index >= 15 is 0 Å². The molecule has 2 fully saturated rings. The number of piperazine rings is 1. The number of aliphatic hydroxyl groups excluding tert-OH is 1. The molecule has 1 aromatic rings. The average molecular weight is 305 g/mol. The van der Waals surface area contributed by atoms with Crippen molar-refractivity contribution in [2.24, 2.45) is 0 Å². The fourth-order valence-corrected chi connectivity index (χ4v) is 3.52. The number of benzene rings is 1. The molecule has 2 saturated heterocycles. The van der Waals surface area contributed by atoms with Crippen molar-refractivity contribution in [2.75, 3.05) is 49.6 Å². The molecule has 22 heavy (non-hydrogen) atoms. The minimum Gasteiger partial charge on any atom is -0.391 e. The second-order valence-electron chi connectivity index (χ2n) is 6.38. The van der Waals surface area contributed by atoms with Gasteiger partial charge in [-0.3, -0.25) is 0 Å². The van der Waals surface area contributed by atoms with Crippen molar-refractivity contribution >= 4 is 11.4 Å². The molecule has 122 valence electrons. The molecule has 1 aromatic carbocycles. The largest absolute Gasteiger partial charge is 0.391 e. The van der Waals surface area contributed by atoms with Crippen LogP contribution in [-0.2, 0) is 11.3 Å². The maximum absolute atomic E-state index is 9.79. The summed E-state index contributed by atoms with van der Waals surface area (Å²) in [6.45, 7) is 7.60. The van der Waals surface area contributed by atoms with Crippen LogP contribution < -0.4 is 15.1 Å². The van der Waals surface area contributed by atoms with Gasteiger partial charge < -0.3 is 25.0 Å². The number of methoxy groups -OCH3 is 1. The number of hydrogen-bond donors (Lipinski definition) is 2.